The maximum absolute atomic E-state index is 12.8. The summed E-state index contributed by atoms with van der Waals surface area (Å²) in [6.07, 6.45) is 3.96. The topological polar surface area (TPSA) is 39.7 Å². The van der Waals surface area contributed by atoms with Gasteiger partial charge in [0.15, 0.2) is 0 Å². The van der Waals surface area contributed by atoms with E-state index in [-0.39, 0.29) is 5.91 Å². The molecule has 2 aliphatic rings. The molecular weight excluding hydrogens is 336 g/mol. The average Bonchev–Trinajstić information content (AvgIpc) is 2.75. The van der Waals surface area contributed by atoms with E-state index in [4.69, 9.17) is 0 Å². The number of carbonyl (C=O) groups is 1. The molecule has 1 amide bonds. The highest BCUT2D eigenvalue weighted by Crippen LogP contribution is 2.22. The zero-order chi connectivity index (χ0) is 18.6. The van der Waals surface area contributed by atoms with Crippen LogP contribution >= 0.6 is 0 Å². The third-order valence-corrected chi connectivity index (χ3v) is 5.80. The summed E-state index contributed by atoms with van der Waals surface area (Å²) in [7, 11) is 0. The van der Waals surface area contributed by atoms with Crippen molar-refractivity contribution in [2.24, 2.45) is 5.92 Å². The second kappa shape index (κ2) is 7.99. The van der Waals surface area contributed by atoms with Gasteiger partial charge in [0.2, 0.25) is 0 Å². The summed E-state index contributed by atoms with van der Waals surface area (Å²) in [6, 6.07) is 14.5. The minimum Gasteiger partial charge on any atom is -0.368 e. The van der Waals surface area contributed by atoms with Crippen molar-refractivity contribution in [1.29, 1.82) is 0 Å². The molecule has 0 saturated carbocycles. The van der Waals surface area contributed by atoms with Gasteiger partial charge in [-0.05, 0) is 43.0 Å². The van der Waals surface area contributed by atoms with Crippen LogP contribution in [0.2, 0.25) is 0 Å². The molecule has 5 nitrogen and oxygen atoms in total. The van der Waals surface area contributed by atoms with Gasteiger partial charge in [-0.3, -0.25) is 9.78 Å². The van der Waals surface area contributed by atoms with Crippen molar-refractivity contribution >= 4 is 17.3 Å². The van der Waals surface area contributed by atoms with Crippen LogP contribution in [-0.4, -0.2) is 55.1 Å². The molecule has 0 unspecified atom stereocenters. The number of carbonyl (C=O) groups excluding carboxylic acids is 1. The second-order valence-corrected chi connectivity index (χ2v) is 7.68. The Morgan fingerprint density at radius 1 is 0.889 bits per heavy atom. The van der Waals surface area contributed by atoms with Gasteiger partial charge in [0.05, 0.1) is 0 Å². The fourth-order valence-corrected chi connectivity index (χ4v) is 3.97. The van der Waals surface area contributed by atoms with Crippen LogP contribution in [0.4, 0.5) is 11.4 Å². The molecule has 2 fully saturated rings. The van der Waals surface area contributed by atoms with Gasteiger partial charge in [-0.2, -0.15) is 0 Å². The van der Waals surface area contributed by atoms with E-state index in [2.05, 4.69) is 52.0 Å². The van der Waals surface area contributed by atoms with E-state index >= 15 is 0 Å². The van der Waals surface area contributed by atoms with Crippen LogP contribution < -0.4 is 9.80 Å². The number of rotatable bonds is 3. The fourth-order valence-electron chi connectivity index (χ4n) is 3.97. The monoisotopic (exact) mass is 364 g/mol. The van der Waals surface area contributed by atoms with Gasteiger partial charge in [0, 0.05) is 56.8 Å². The Morgan fingerprint density at radius 2 is 1.52 bits per heavy atom. The molecule has 0 bridgehead atoms. The predicted molar refractivity (Wildman–Crippen MR) is 109 cm³/mol. The highest BCUT2D eigenvalue weighted by molar-refractivity contribution is 5.93. The molecular formula is C22H28N4O. The van der Waals surface area contributed by atoms with Crippen molar-refractivity contribution < 1.29 is 4.79 Å². The largest absolute Gasteiger partial charge is 0.368 e. The van der Waals surface area contributed by atoms with Crippen molar-refractivity contribution in [3.05, 3.63) is 54.4 Å². The van der Waals surface area contributed by atoms with Gasteiger partial charge in [-0.1, -0.05) is 25.1 Å². The van der Waals surface area contributed by atoms with E-state index in [1.807, 2.05) is 17.0 Å². The summed E-state index contributed by atoms with van der Waals surface area (Å²) in [5, 5.41) is 0. The van der Waals surface area contributed by atoms with Gasteiger partial charge in [-0.25, -0.2) is 0 Å². The Hall–Kier alpha value is -2.56. The van der Waals surface area contributed by atoms with Crippen LogP contribution in [-0.2, 0) is 0 Å². The number of benzene rings is 1. The number of piperidine rings is 1. The standard InChI is InChI=1S/C22H28N4O/c1-18-8-11-26(12-9-18)22(27)21-17-20(7-10-23-21)25-15-13-24(14-16-25)19-5-3-2-4-6-19/h2-7,10,17-18H,8-9,11-16H2,1H3. The van der Waals surface area contributed by atoms with Crippen LogP contribution in [0, 0.1) is 5.92 Å². The van der Waals surface area contributed by atoms with Gasteiger partial charge in [-0.15, -0.1) is 0 Å². The molecule has 1 aromatic heterocycles. The van der Waals surface area contributed by atoms with E-state index in [1.54, 1.807) is 6.20 Å². The highest BCUT2D eigenvalue weighted by atomic mass is 16.2. The first-order valence-electron chi connectivity index (χ1n) is 10.0. The fraction of sp³-hybridized carbons (Fsp3) is 0.455. The third-order valence-electron chi connectivity index (χ3n) is 5.80. The van der Waals surface area contributed by atoms with E-state index in [0.29, 0.717) is 11.6 Å². The molecule has 0 aliphatic carbocycles. The minimum atomic E-state index is 0.0756. The summed E-state index contributed by atoms with van der Waals surface area (Å²) in [4.78, 5) is 23.9. The van der Waals surface area contributed by atoms with Gasteiger partial charge >= 0.3 is 0 Å². The van der Waals surface area contributed by atoms with Gasteiger partial charge in [0.1, 0.15) is 5.69 Å². The first-order chi connectivity index (χ1) is 13.2. The summed E-state index contributed by atoms with van der Waals surface area (Å²) < 4.78 is 0. The number of aromatic nitrogens is 1. The molecule has 1 aromatic carbocycles. The molecule has 142 valence electrons. The molecule has 0 spiro atoms. The molecule has 2 aromatic rings. The first-order valence-corrected chi connectivity index (χ1v) is 10.0. The number of para-hydroxylation sites is 1. The lowest BCUT2D eigenvalue weighted by molar-refractivity contribution is 0.0691. The van der Waals surface area contributed by atoms with Crippen LogP contribution in [0.3, 0.4) is 0 Å². The van der Waals surface area contributed by atoms with Gasteiger partial charge < -0.3 is 14.7 Å². The molecule has 4 rings (SSSR count). The van der Waals surface area contributed by atoms with Crippen molar-refractivity contribution in [3.63, 3.8) is 0 Å². The molecule has 5 heteroatoms. The molecule has 2 saturated heterocycles. The Labute approximate surface area is 161 Å². The molecule has 2 aliphatic heterocycles. The third kappa shape index (κ3) is 4.07. The summed E-state index contributed by atoms with van der Waals surface area (Å²) in [5.74, 6) is 0.793. The maximum atomic E-state index is 12.8. The van der Waals surface area contributed by atoms with Crippen LogP contribution in [0.1, 0.15) is 30.3 Å². The van der Waals surface area contributed by atoms with E-state index in [9.17, 15) is 4.79 Å². The quantitative estimate of drug-likeness (QED) is 0.838. The average molecular weight is 364 g/mol. The molecule has 0 radical (unpaired) electrons. The lowest BCUT2D eigenvalue weighted by Crippen LogP contribution is -2.46. The summed E-state index contributed by atoms with van der Waals surface area (Å²) >= 11 is 0. The lowest BCUT2D eigenvalue weighted by atomic mass is 9.99. The van der Waals surface area contributed by atoms with Gasteiger partial charge in [0.25, 0.3) is 5.91 Å². The first kappa shape index (κ1) is 17.8. The molecule has 27 heavy (non-hydrogen) atoms. The number of piperazine rings is 1. The number of hydrogen-bond donors (Lipinski definition) is 0. The summed E-state index contributed by atoms with van der Waals surface area (Å²) in [5.41, 5.74) is 2.96. The molecule has 0 atom stereocenters. The number of pyridine rings is 1. The zero-order valence-corrected chi connectivity index (χ0v) is 16.1. The number of hydrogen-bond acceptors (Lipinski definition) is 4. The number of nitrogens with zero attached hydrogens (tertiary/aromatic N) is 4. The van der Waals surface area contributed by atoms with E-state index in [0.717, 1.165) is 57.8 Å². The smallest absolute Gasteiger partial charge is 0.272 e. The maximum Gasteiger partial charge on any atom is 0.272 e. The van der Waals surface area contributed by atoms with E-state index < -0.39 is 0 Å². The number of likely N-dealkylation sites (tertiary alicyclic amines) is 1. The lowest BCUT2D eigenvalue weighted by Gasteiger charge is -2.37. The Balaban J connectivity index is 1.40. The van der Waals surface area contributed by atoms with Crippen LogP contribution in [0.15, 0.2) is 48.7 Å². The number of anilines is 2. The van der Waals surface area contributed by atoms with Crippen molar-refractivity contribution in [3.8, 4) is 0 Å². The normalized spacial score (nSPS) is 18.6. The number of amides is 1. The van der Waals surface area contributed by atoms with E-state index in [1.165, 1.54) is 5.69 Å². The molecule has 0 N–H and O–H groups in total. The molecule has 3 heterocycles. The summed E-state index contributed by atoms with van der Waals surface area (Å²) in [6.45, 7) is 7.83. The van der Waals surface area contributed by atoms with Crippen molar-refractivity contribution in [1.82, 2.24) is 9.88 Å². The minimum absolute atomic E-state index is 0.0756. The van der Waals surface area contributed by atoms with Crippen LogP contribution in [0.25, 0.3) is 0 Å². The SMILES string of the molecule is CC1CCN(C(=O)c2cc(N3CCN(c4ccccc4)CC3)ccn2)CC1. The Bertz CT molecular complexity index is 763. The second-order valence-electron chi connectivity index (χ2n) is 7.68. The highest BCUT2D eigenvalue weighted by Gasteiger charge is 2.23. The van der Waals surface area contributed by atoms with Crippen LogP contribution in [0.5, 0.6) is 0 Å². The zero-order valence-electron chi connectivity index (χ0n) is 16.1. The van der Waals surface area contributed by atoms with Crippen molar-refractivity contribution in [2.45, 2.75) is 19.8 Å². The Kier molecular flexibility index (Phi) is 5.28. The van der Waals surface area contributed by atoms with Crippen molar-refractivity contribution in [2.75, 3.05) is 49.1 Å². The Morgan fingerprint density at radius 3 is 2.19 bits per heavy atom. The predicted octanol–water partition coefficient (Wildman–Crippen LogP) is 3.28.